The van der Waals surface area contributed by atoms with E-state index in [1.807, 2.05) is 57.4 Å². The lowest BCUT2D eigenvalue weighted by molar-refractivity contribution is 0.426. The third kappa shape index (κ3) is 8.65. The summed E-state index contributed by atoms with van der Waals surface area (Å²) in [5, 5.41) is 19.1. The summed E-state index contributed by atoms with van der Waals surface area (Å²) in [5.74, 6) is 0. The van der Waals surface area contributed by atoms with Gasteiger partial charge in [0.1, 0.15) is 5.52 Å². The van der Waals surface area contributed by atoms with Crippen LogP contribution in [0.4, 0.5) is 11.4 Å². The normalized spacial score (nSPS) is 10.4. The molecule has 4 aromatic carbocycles. The van der Waals surface area contributed by atoms with Crippen LogP contribution in [0.1, 0.15) is 0 Å². The molecule has 0 saturated heterocycles. The van der Waals surface area contributed by atoms with Crippen molar-refractivity contribution < 1.29 is 10.0 Å². The molecule has 6 aromatic rings. The number of hydrogen-bond acceptors (Lipinski definition) is 8. The molecule has 12 heteroatoms. The Balaban J connectivity index is 0.000000160. The molecule has 2 aromatic heterocycles. The fraction of sp³-hybridized carbons (Fsp3) is 0.125. The maximum atomic E-state index is 8.87. The predicted molar refractivity (Wildman–Crippen MR) is 187 cm³/mol. The first kappa shape index (κ1) is 33.1. The first-order chi connectivity index (χ1) is 21.0. The number of aromatic nitrogens is 4. The third-order valence-electron chi connectivity index (χ3n) is 6.39. The van der Waals surface area contributed by atoms with Crippen LogP contribution >= 0.6 is 39.1 Å². The van der Waals surface area contributed by atoms with Crippen molar-refractivity contribution >= 4 is 85.2 Å². The third-order valence-corrected chi connectivity index (χ3v) is 7.43. The molecule has 0 unspecified atom stereocenters. The van der Waals surface area contributed by atoms with E-state index in [-0.39, 0.29) is 0 Å². The van der Waals surface area contributed by atoms with E-state index in [1.54, 1.807) is 55.1 Å². The number of nitrogens with zero attached hydrogens (tertiary/aromatic N) is 6. The topological polar surface area (TPSA) is 98.5 Å². The van der Waals surface area contributed by atoms with Gasteiger partial charge in [0, 0.05) is 84.4 Å². The summed E-state index contributed by atoms with van der Waals surface area (Å²) in [6, 6.07) is 22.8. The molecule has 0 aliphatic carbocycles. The van der Waals surface area contributed by atoms with Crippen molar-refractivity contribution in [1.82, 2.24) is 19.9 Å². The summed E-state index contributed by atoms with van der Waals surface area (Å²) >= 11 is 15.4. The van der Waals surface area contributed by atoms with Crippen molar-refractivity contribution in [3.63, 3.8) is 0 Å². The lowest BCUT2D eigenvalue weighted by Crippen LogP contribution is -2.30. The van der Waals surface area contributed by atoms with Gasteiger partial charge in [-0.05, 0) is 75.5 Å². The highest BCUT2D eigenvalue weighted by atomic mass is 79.9. The molecule has 2 heterocycles. The minimum Gasteiger partial charge on any atom is -0.423 e. The standard InChI is InChI=1S/C16H14ClN3.C8H12BNO2.C8H4BrClN2/c1-20(2)13-5-3-4-11(8-13)14-9-12(17)10-15-16(14)19-7-6-18-15;1-10(2)8-5-3-4-7(6-8)9(11)12;9-6-3-5(10)4-7-8(6)12-2-1-11-7/h3-10H,1-2H3;3-6,11-12H,1-2H3;1-4H. The molecule has 0 atom stereocenters. The second-order valence-corrected chi connectivity index (χ2v) is 11.7. The maximum Gasteiger partial charge on any atom is 0.488 e. The Morgan fingerprint density at radius 1 is 0.636 bits per heavy atom. The van der Waals surface area contributed by atoms with Gasteiger partial charge in [-0.2, -0.15) is 0 Å². The predicted octanol–water partition coefficient (Wildman–Crippen LogP) is 6.49. The second kappa shape index (κ2) is 15.3. The van der Waals surface area contributed by atoms with E-state index in [1.165, 1.54) is 0 Å². The fourth-order valence-electron chi connectivity index (χ4n) is 4.18. The highest BCUT2D eigenvalue weighted by molar-refractivity contribution is 9.10. The molecule has 8 nitrogen and oxygen atoms in total. The molecule has 0 aliphatic heterocycles. The van der Waals surface area contributed by atoms with Gasteiger partial charge in [0.15, 0.2) is 0 Å². The summed E-state index contributed by atoms with van der Waals surface area (Å²) in [6.45, 7) is 0. The molecule has 44 heavy (non-hydrogen) atoms. The summed E-state index contributed by atoms with van der Waals surface area (Å²) in [6.07, 6.45) is 6.68. The molecular formula is C32H30BBrCl2N6O2. The highest BCUT2D eigenvalue weighted by Gasteiger charge is 2.11. The Morgan fingerprint density at radius 2 is 1.16 bits per heavy atom. The highest BCUT2D eigenvalue weighted by Crippen LogP contribution is 2.31. The van der Waals surface area contributed by atoms with Crippen LogP contribution in [-0.4, -0.2) is 65.3 Å². The van der Waals surface area contributed by atoms with Gasteiger partial charge in [-0.3, -0.25) is 19.9 Å². The first-order valence-electron chi connectivity index (χ1n) is 13.4. The Labute approximate surface area is 275 Å². The van der Waals surface area contributed by atoms with Gasteiger partial charge >= 0.3 is 7.12 Å². The molecule has 224 valence electrons. The van der Waals surface area contributed by atoms with E-state index < -0.39 is 7.12 Å². The minimum absolute atomic E-state index is 0.515. The van der Waals surface area contributed by atoms with E-state index >= 15 is 0 Å². The van der Waals surface area contributed by atoms with Crippen molar-refractivity contribution in [3.05, 3.63) is 112 Å². The van der Waals surface area contributed by atoms with Crippen LogP contribution in [0.2, 0.25) is 10.0 Å². The van der Waals surface area contributed by atoms with Crippen molar-refractivity contribution in [2.24, 2.45) is 0 Å². The summed E-state index contributed by atoms with van der Waals surface area (Å²) < 4.78 is 0.873. The molecule has 0 radical (unpaired) electrons. The van der Waals surface area contributed by atoms with Crippen LogP contribution in [0, 0.1) is 0 Å². The largest absolute Gasteiger partial charge is 0.488 e. The Morgan fingerprint density at radius 3 is 1.77 bits per heavy atom. The molecule has 0 fully saturated rings. The molecule has 0 amide bonds. The molecular weight excluding hydrogens is 662 g/mol. The van der Waals surface area contributed by atoms with Gasteiger partial charge in [-0.25, -0.2) is 0 Å². The van der Waals surface area contributed by atoms with E-state index in [4.69, 9.17) is 33.2 Å². The van der Waals surface area contributed by atoms with E-state index in [2.05, 4.69) is 59.0 Å². The lowest BCUT2D eigenvalue weighted by Gasteiger charge is -2.14. The minimum atomic E-state index is -1.38. The van der Waals surface area contributed by atoms with Crippen LogP contribution in [0.25, 0.3) is 33.2 Å². The zero-order valence-corrected chi connectivity index (χ0v) is 27.6. The van der Waals surface area contributed by atoms with Gasteiger partial charge in [0.05, 0.1) is 16.6 Å². The van der Waals surface area contributed by atoms with Crippen molar-refractivity contribution in [2.75, 3.05) is 38.0 Å². The smallest absolute Gasteiger partial charge is 0.423 e. The quantitative estimate of drug-likeness (QED) is 0.203. The van der Waals surface area contributed by atoms with Crippen LogP contribution in [0.3, 0.4) is 0 Å². The van der Waals surface area contributed by atoms with Crippen LogP contribution in [-0.2, 0) is 0 Å². The molecule has 0 spiro atoms. The summed E-state index contributed by atoms with van der Waals surface area (Å²) in [4.78, 5) is 21.0. The number of benzene rings is 4. The number of fused-ring (bicyclic) bond motifs is 2. The fourth-order valence-corrected chi connectivity index (χ4v) is 5.28. The van der Waals surface area contributed by atoms with E-state index in [0.717, 1.165) is 49.0 Å². The SMILES string of the molecule is CN(C)c1cccc(-c2cc(Cl)cc3nccnc23)c1.CN(C)c1cccc(B(O)O)c1.Clc1cc(Br)c2nccnc2c1. The van der Waals surface area contributed by atoms with Gasteiger partial charge < -0.3 is 19.8 Å². The Hall–Kier alpha value is -3.80. The Bertz CT molecular complexity index is 1850. The molecule has 2 N–H and O–H groups in total. The van der Waals surface area contributed by atoms with Gasteiger partial charge in [-0.1, -0.05) is 47.5 Å². The lowest BCUT2D eigenvalue weighted by atomic mass is 9.80. The van der Waals surface area contributed by atoms with Crippen molar-refractivity contribution in [2.45, 2.75) is 0 Å². The van der Waals surface area contributed by atoms with Crippen LogP contribution < -0.4 is 15.3 Å². The summed E-state index contributed by atoms with van der Waals surface area (Å²) in [7, 11) is 6.47. The average Bonchev–Trinajstić information content (AvgIpc) is 3.01. The molecule has 0 aliphatic rings. The number of halogens is 3. The van der Waals surface area contributed by atoms with Crippen LogP contribution in [0.15, 0.2) is 102 Å². The van der Waals surface area contributed by atoms with Gasteiger partial charge in [0.2, 0.25) is 0 Å². The van der Waals surface area contributed by atoms with E-state index in [0.29, 0.717) is 15.5 Å². The van der Waals surface area contributed by atoms with E-state index in [9.17, 15) is 0 Å². The zero-order valence-electron chi connectivity index (χ0n) is 24.5. The zero-order chi connectivity index (χ0) is 31.8. The van der Waals surface area contributed by atoms with Gasteiger partial charge in [-0.15, -0.1) is 0 Å². The summed E-state index contributed by atoms with van der Waals surface area (Å²) in [5.41, 5.74) is 8.02. The van der Waals surface area contributed by atoms with Crippen LogP contribution in [0.5, 0.6) is 0 Å². The van der Waals surface area contributed by atoms with Gasteiger partial charge in [0.25, 0.3) is 0 Å². The van der Waals surface area contributed by atoms with Crippen molar-refractivity contribution in [1.29, 1.82) is 0 Å². The second-order valence-electron chi connectivity index (χ2n) is 10.00. The number of anilines is 2. The molecule has 0 saturated carbocycles. The molecule has 0 bridgehead atoms. The first-order valence-corrected chi connectivity index (χ1v) is 15.0. The maximum absolute atomic E-state index is 8.87. The van der Waals surface area contributed by atoms with Crippen molar-refractivity contribution in [3.8, 4) is 11.1 Å². The average molecular weight is 692 g/mol. The number of hydrogen-bond donors (Lipinski definition) is 2. The molecule has 6 rings (SSSR count). The monoisotopic (exact) mass is 690 g/mol. The number of rotatable bonds is 4. The Kier molecular flexibility index (Phi) is 11.5.